The molecule has 0 N–H and O–H groups in total. The summed E-state index contributed by atoms with van der Waals surface area (Å²) in [4.78, 5) is 12.7. The van der Waals surface area contributed by atoms with Gasteiger partial charge in [-0.15, -0.1) is 0 Å². The van der Waals surface area contributed by atoms with Crippen LogP contribution in [0.5, 0.6) is 17.2 Å². The van der Waals surface area contributed by atoms with E-state index in [9.17, 15) is 4.79 Å². The number of hydrogen-bond donors (Lipinski definition) is 0. The van der Waals surface area contributed by atoms with Crippen LogP contribution in [0, 0.1) is 0 Å². The average molecular weight is 372 g/mol. The molecule has 0 spiro atoms. The van der Waals surface area contributed by atoms with Crippen molar-refractivity contribution in [2.45, 2.75) is 20.0 Å². The van der Waals surface area contributed by atoms with Gasteiger partial charge in [0.1, 0.15) is 30.0 Å². The fraction of sp³-hybridized carbons (Fsp3) is 0.125. The van der Waals surface area contributed by atoms with Gasteiger partial charge in [-0.05, 0) is 41.8 Å². The summed E-state index contributed by atoms with van der Waals surface area (Å²) < 4.78 is 17.1. The highest BCUT2D eigenvalue weighted by atomic mass is 16.5. The summed E-state index contributed by atoms with van der Waals surface area (Å²) in [5.74, 6) is 1.41. The van der Waals surface area contributed by atoms with Crippen molar-refractivity contribution in [2.24, 2.45) is 0 Å². The molecule has 0 saturated heterocycles. The summed E-state index contributed by atoms with van der Waals surface area (Å²) in [6.45, 7) is 2.54. The van der Waals surface area contributed by atoms with E-state index in [2.05, 4.69) is 6.92 Å². The lowest BCUT2D eigenvalue weighted by molar-refractivity contribution is 0.306. The molecule has 4 aromatic rings. The molecule has 0 unspecified atom stereocenters. The van der Waals surface area contributed by atoms with Crippen LogP contribution in [0.15, 0.2) is 88.3 Å². The Kier molecular flexibility index (Phi) is 5.11. The van der Waals surface area contributed by atoms with Gasteiger partial charge >= 0.3 is 0 Å². The third kappa shape index (κ3) is 3.91. The molecule has 0 amide bonds. The predicted octanol–water partition coefficient (Wildman–Crippen LogP) is 5.73. The van der Waals surface area contributed by atoms with Gasteiger partial charge in [-0.2, -0.15) is 0 Å². The maximum absolute atomic E-state index is 12.7. The smallest absolute Gasteiger partial charge is 0.235 e. The van der Waals surface area contributed by atoms with Crippen LogP contribution in [0.25, 0.3) is 11.0 Å². The highest BCUT2D eigenvalue weighted by Gasteiger charge is 2.10. The molecule has 4 nitrogen and oxygen atoms in total. The van der Waals surface area contributed by atoms with E-state index >= 15 is 0 Å². The van der Waals surface area contributed by atoms with Crippen LogP contribution in [-0.2, 0) is 13.0 Å². The molecule has 1 heterocycles. The molecule has 0 aliphatic rings. The van der Waals surface area contributed by atoms with Crippen LogP contribution in [0.2, 0.25) is 0 Å². The second-order valence-electron chi connectivity index (χ2n) is 6.46. The third-order valence-electron chi connectivity index (χ3n) is 4.52. The average Bonchev–Trinajstić information content (AvgIpc) is 2.75. The molecule has 0 radical (unpaired) electrons. The second kappa shape index (κ2) is 8.01. The first-order valence-corrected chi connectivity index (χ1v) is 9.22. The van der Waals surface area contributed by atoms with Gasteiger partial charge in [-0.3, -0.25) is 4.79 Å². The lowest BCUT2D eigenvalue weighted by atomic mass is 10.2. The summed E-state index contributed by atoms with van der Waals surface area (Å²) in [6.07, 6.45) is 2.30. The Labute approximate surface area is 163 Å². The van der Waals surface area contributed by atoms with E-state index in [1.165, 1.54) is 11.8 Å². The molecule has 4 heteroatoms. The van der Waals surface area contributed by atoms with Crippen molar-refractivity contribution in [1.29, 1.82) is 0 Å². The molecule has 0 fully saturated rings. The van der Waals surface area contributed by atoms with Gasteiger partial charge in [0.15, 0.2) is 0 Å². The minimum Gasteiger partial charge on any atom is -0.489 e. The number of aryl methyl sites for hydroxylation is 1. The van der Waals surface area contributed by atoms with Gasteiger partial charge in [0.05, 0.1) is 5.39 Å². The maximum atomic E-state index is 12.7. The van der Waals surface area contributed by atoms with Crippen molar-refractivity contribution in [1.82, 2.24) is 0 Å². The molecule has 3 aromatic carbocycles. The van der Waals surface area contributed by atoms with Crippen LogP contribution >= 0.6 is 0 Å². The van der Waals surface area contributed by atoms with Crippen LogP contribution < -0.4 is 14.9 Å². The van der Waals surface area contributed by atoms with Crippen molar-refractivity contribution >= 4 is 11.0 Å². The van der Waals surface area contributed by atoms with Crippen molar-refractivity contribution in [3.8, 4) is 17.2 Å². The molecule has 1 aromatic heterocycles. The molecule has 0 saturated carbocycles. The van der Waals surface area contributed by atoms with Crippen molar-refractivity contribution < 1.29 is 13.9 Å². The second-order valence-corrected chi connectivity index (χ2v) is 6.46. The summed E-state index contributed by atoms with van der Waals surface area (Å²) in [7, 11) is 0. The van der Waals surface area contributed by atoms with E-state index in [0.29, 0.717) is 29.1 Å². The van der Waals surface area contributed by atoms with E-state index in [4.69, 9.17) is 13.9 Å². The first kappa shape index (κ1) is 17.9. The standard InChI is InChI=1S/C24H20O4/c1-2-17-8-10-19(11-9-17)28-23-16-27-22-14-20(12-13-21(22)24(23)25)26-15-18-6-4-3-5-7-18/h3-14,16H,2,15H2,1H3. The normalized spacial score (nSPS) is 10.8. The maximum Gasteiger partial charge on any atom is 0.235 e. The summed E-state index contributed by atoms with van der Waals surface area (Å²) in [5, 5.41) is 0.453. The van der Waals surface area contributed by atoms with Crippen molar-refractivity contribution in [2.75, 3.05) is 0 Å². The highest BCUT2D eigenvalue weighted by Crippen LogP contribution is 2.24. The first-order valence-electron chi connectivity index (χ1n) is 9.22. The molecular formula is C24H20O4. The van der Waals surface area contributed by atoms with Crippen LogP contribution in [-0.4, -0.2) is 0 Å². The number of fused-ring (bicyclic) bond motifs is 1. The summed E-state index contributed by atoms with van der Waals surface area (Å²) in [6, 6.07) is 22.7. The summed E-state index contributed by atoms with van der Waals surface area (Å²) in [5.41, 5.74) is 2.53. The van der Waals surface area contributed by atoms with Gasteiger partial charge in [0.2, 0.25) is 11.2 Å². The third-order valence-corrected chi connectivity index (χ3v) is 4.52. The number of benzene rings is 3. The number of hydrogen-bond acceptors (Lipinski definition) is 4. The van der Waals surface area contributed by atoms with Gasteiger partial charge in [-0.25, -0.2) is 0 Å². The lowest BCUT2D eigenvalue weighted by Crippen LogP contribution is -2.05. The van der Waals surface area contributed by atoms with Crippen LogP contribution in [0.1, 0.15) is 18.1 Å². The highest BCUT2D eigenvalue weighted by molar-refractivity contribution is 5.79. The molecule has 28 heavy (non-hydrogen) atoms. The lowest BCUT2D eigenvalue weighted by Gasteiger charge is -2.08. The van der Waals surface area contributed by atoms with E-state index in [0.717, 1.165) is 12.0 Å². The van der Waals surface area contributed by atoms with Crippen LogP contribution in [0.4, 0.5) is 0 Å². The molecule has 0 aliphatic carbocycles. The molecule has 4 rings (SSSR count). The van der Waals surface area contributed by atoms with Gasteiger partial charge < -0.3 is 13.9 Å². The number of ether oxygens (including phenoxy) is 2. The zero-order valence-electron chi connectivity index (χ0n) is 15.6. The topological polar surface area (TPSA) is 48.7 Å². The Morgan fingerprint density at radius 1 is 0.857 bits per heavy atom. The van der Waals surface area contributed by atoms with E-state index in [1.54, 1.807) is 18.2 Å². The predicted molar refractivity (Wildman–Crippen MR) is 109 cm³/mol. The Morgan fingerprint density at radius 3 is 2.36 bits per heavy atom. The van der Waals surface area contributed by atoms with E-state index in [1.807, 2.05) is 54.6 Å². The zero-order valence-corrected chi connectivity index (χ0v) is 15.6. The fourth-order valence-corrected chi connectivity index (χ4v) is 2.91. The Morgan fingerprint density at radius 2 is 1.61 bits per heavy atom. The zero-order chi connectivity index (χ0) is 19.3. The summed E-state index contributed by atoms with van der Waals surface area (Å²) >= 11 is 0. The molecule has 0 aliphatic heterocycles. The Hall–Kier alpha value is -3.53. The fourth-order valence-electron chi connectivity index (χ4n) is 2.91. The minimum absolute atomic E-state index is 0.162. The van der Waals surface area contributed by atoms with E-state index < -0.39 is 0 Å². The molecular weight excluding hydrogens is 352 g/mol. The largest absolute Gasteiger partial charge is 0.489 e. The Bertz CT molecular complexity index is 1130. The van der Waals surface area contributed by atoms with E-state index in [-0.39, 0.29) is 11.2 Å². The van der Waals surface area contributed by atoms with Crippen LogP contribution in [0.3, 0.4) is 0 Å². The SMILES string of the molecule is CCc1ccc(Oc2coc3cc(OCc4ccccc4)ccc3c2=O)cc1. The monoisotopic (exact) mass is 372 g/mol. The van der Waals surface area contributed by atoms with Crippen molar-refractivity contribution in [3.05, 3.63) is 100 Å². The van der Waals surface area contributed by atoms with Crippen molar-refractivity contribution in [3.63, 3.8) is 0 Å². The molecule has 0 atom stereocenters. The number of rotatable bonds is 6. The van der Waals surface area contributed by atoms with Gasteiger partial charge in [0.25, 0.3) is 0 Å². The minimum atomic E-state index is -0.213. The molecule has 0 bridgehead atoms. The van der Waals surface area contributed by atoms with Gasteiger partial charge in [-0.1, -0.05) is 49.4 Å². The molecule has 140 valence electrons. The first-order chi connectivity index (χ1) is 13.7. The van der Waals surface area contributed by atoms with Gasteiger partial charge in [0, 0.05) is 6.07 Å². The Balaban J connectivity index is 1.54. The quantitative estimate of drug-likeness (QED) is 0.434.